The molecule has 0 unspecified atom stereocenters. The number of halogens is 1. The zero-order valence-electron chi connectivity index (χ0n) is 10.0. The molecule has 0 radical (unpaired) electrons. The molecule has 1 aromatic carbocycles. The van der Waals surface area contributed by atoms with E-state index in [1.807, 2.05) is 0 Å². The van der Waals surface area contributed by atoms with Gasteiger partial charge in [0, 0.05) is 28.5 Å². The predicted molar refractivity (Wildman–Crippen MR) is 77.4 cm³/mol. The second kappa shape index (κ2) is 5.66. The number of nitrogen functional groups attached to an aromatic ring is 1. The Balaban J connectivity index is 2.19. The summed E-state index contributed by atoms with van der Waals surface area (Å²) in [7, 11) is 0. The Bertz CT molecular complexity index is 673. The summed E-state index contributed by atoms with van der Waals surface area (Å²) in [4.78, 5) is 25.9. The highest BCUT2D eigenvalue weighted by Gasteiger charge is 2.12. The van der Waals surface area contributed by atoms with Gasteiger partial charge in [-0.05, 0) is 34.1 Å². The molecule has 3 N–H and O–H groups in total. The number of nitrogens with zero attached hydrogens (tertiary/aromatic N) is 2. The van der Waals surface area contributed by atoms with E-state index in [0.29, 0.717) is 10.2 Å². The van der Waals surface area contributed by atoms with E-state index in [4.69, 9.17) is 5.73 Å². The van der Waals surface area contributed by atoms with Crippen LogP contribution in [0.5, 0.6) is 0 Å². The Morgan fingerprint density at radius 3 is 2.60 bits per heavy atom. The quantitative estimate of drug-likeness (QED) is 0.660. The van der Waals surface area contributed by atoms with Gasteiger partial charge >= 0.3 is 0 Å². The van der Waals surface area contributed by atoms with Crippen LogP contribution < -0.4 is 11.1 Å². The van der Waals surface area contributed by atoms with Crippen LogP contribution in [0.4, 0.5) is 17.2 Å². The number of nitrogens with two attached hydrogens (primary N) is 1. The molecule has 0 bridgehead atoms. The number of carbonyl (C=O) groups excluding carboxylic acids is 1. The molecule has 1 aromatic heterocycles. The molecule has 2 rings (SSSR count). The molecule has 0 aliphatic carbocycles. The highest BCUT2D eigenvalue weighted by molar-refractivity contribution is 9.10. The Morgan fingerprint density at radius 1 is 1.35 bits per heavy atom. The average molecular weight is 337 g/mol. The summed E-state index contributed by atoms with van der Waals surface area (Å²) in [6.45, 7) is 0. The number of nitro groups is 1. The summed E-state index contributed by atoms with van der Waals surface area (Å²) in [6, 6.07) is 7.04. The standard InChI is InChI=1S/C12H9BrN4O3/c13-7-5-10(11(14)15-6-7)12(18)16-8-1-3-9(4-2-8)17(19)20/h1-6H,(H2,14,15)(H,16,18). The third-order valence-corrected chi connectivity index (χ3v) is 2.90. The number of benzene rings is 1. The zero-order chi connectivity index (χ0) is 14.7. The molecule has 20 heavy (non-hydrogen) atoms. The Kier molecular flexibility index (Phi) is 3.94. The Hall–Kier alpha value is -2.48. The van der Waals surface area contributed by atoms with Gasteiger partial charge in [-0.2, -0.15) is 0 Å². The largest absolute Gasteiger partial charge is 0.383 e. The summed E-state index contributed by atoms with van der Waals surface area (Å²) in [6.07, 6.45) is 1.48. The maximum Gasteiger partial charge on any atom is 0.269 e. The van der Waals surface area contributed by atoms with E-state index in [2.05, 4.69) is 26.2 Å². The van der Waals surface area contributed by atoms with Crippen molar-refractivity contribution in [3.63, 3.8) is 0 Å². The van der Waals surface area contributed by atoms with Crippen LogP contribution in [0.15, 0.2) is 41.0 Å². The number of anilines is 2. The maximum absolute atomic E-state index is 12.0. The number of carbonyl (C=O) groups is 1. The minimum Gasteiger partial charge on any atom is -0.383 e. The van der Waals surface area contributed by atoms with E-state index in [0.717, 1.165) is 0 Å². The molecule has 0 spiro atoms. The van der Waals surface area contributed by atoms with Gasteiger partial charge in [-0.1, -0.05) is 0 Å². The summed E-state index contributed by atoms with van der Waals surface area (Å²) in [5.74, 6) is -0.335. The first-order valence-electron chi connectivity index (χ1n) is 5.44. The summed E-state index contributed by atoms with van der Waals surface area (Å²) < 4.78 is 0.626. The maximum atomic E-state index is 12.0. The SMILES string of the molecule is Nc1ncc(Br)cc1C(=O)Nc1ccc([N+](=O)[O-])cc1. The molecular formula is C12H9BrN4O3. The van der Waals surface area contributed by atoms with Crippen LogP contribution >= 0.6 is 15.9 Å². The highest BCUT2D eigenvalue weighted by atomic mass is 79.9. The minimum atomic E-state index is -0.512. The highest BCUT2D eigenvalue weighted by Crippen LogP contribution is 2.19. The topological polar surface area (TPSA) is 111 Å². The van der Waals surface area contributed by atoms with Crippen molar-refractivity contribution >= 4 is 39.0 Å². The lowest BCUT2D eigenvalue weighted by Gasteiger charge is -2.07. The van der Waals surface area contributed by atoms with Crippen molar-refractivity contribution in [2.24, 2.45) is 0 Å². The number of hydrogen-bond donors (Lipinski definition) is 2. The van der Waals surface area contributed by atoms with Crippen LogP contribution in [0.25, 0.3) is 0 Å². The zero-order valence-corrected chi connectivity index (χ0v) is 11.6. The Morgan fingerprint density at radius 2 is 2.00 bits per heavy atom. The van der Waals surface area contributed by atoms with E-state index in [9.17, 15) is 14.9 Å². The monoisotopic (exact) mass is 336 g/mol. The van der Waals surface area contributed by atoms with Crippen molar-refractivity contribution in [2.75, 3.05) is 11.1 Å². The number of hydrogen-bond acceptors (Lipinski definition) is 5. The van der Waals surface area contributed by atoms with E-state index >= 15 is 0 Å². The number of pyridine rings is 1. The number of nitrogens with one attached hydrogen (secondary N) is 1. The number of rotatable bonds is 3. The molecule has 0 saturated carbocycles. The molecule has 0 aliphatic heterocycles. The van der Waals surface area contributed by atoms with E-state index in [-0.39, 0.29) is 17.1 Å². The number of nitro benzene ring substituents is 1. The van der Waals surface area contributed by atoms with E-state index in [1.165, 1.54) is 30.5 Å². The van der Waals surface area contributed by atoms with Crippen LogP contribution in [0, 0.1) is 10.1 Å². The summed E-state index contributed by atoms with van der Waals surface area (Å²) >= 11 is 3.20. The molecule has 0 fully saturated rings. The first-order valence-corrected chi connectivity index (χ1v) is 6.23. The second-order valence-electron chi connectivity index (χ2n) is 3.84. The van der Waals surface area contributed by atoms with Gasteiger partial charge in [0.15, 0.2) is 0 Å². The lowest BCUT2D eigenvalue weighted by molar-refractivity contribution is -0.384. The first kappa shape index (κ1) is 13.9. The predicted octanol–water partition coefficient (Wildman–Crippen LogP) is 2.59. The van der Waals surface area contributed by atoms with Crippen molar-refractivity contribution < 1.29 is 9.72 Å². The van der Waals surface area contributed by atoms with Gasteiger partial charge in [0.05, 0.1) is 10.5 Å². The molecule has 102 valence electrons. The van der Waals surface area contributed by atoms with Gasteiger partial charge in [0.2, 0.25) is 0 Å². The van der Waals surface area contributed by atoms with Crippen molar-refractivity contribution in [3.8, 4) is 0 Å². The molecule has 7 nitrogen and oxygen atoms in total. The number of aromatic nitrogens is 1. The van der Waals surface area contributed by atoms with Crippen molar-refractivity contribution in [1.29, 1.82) is 0 Å². The smallest absolute Gasteiger partial charge is 0.269 e. The van der Waals surface area contributed by atoms with Crippen molar-refractivity contribution in [1.82, 2.24) is 4.98 Å². The lowest BCUT2D eigenvalue weighted by Crippen LogP contribution is -2.14. The fraction of sp³-hybridized carbons (Fsp3) is 0. The summed E-state index contributed by atoms with van der Waals surface area (Å²) in [5, 5.41) is 13.1. The van der Waals surface area contributed by atoms with E-state index in [1.54, 1.807) is 6.07 Å². The normalized spacial score (nSPS) is 10.1. The second-order valence-corrected chi connectivity index (χ2v) is 4.76. The van der Waals surface area contributed by atoms with Gasteiger partial charge in [0.25, 0.3) is 11.6 Å². The Labute approximate surface area is 122 Å². The average Bonchev–Trinajstić information content (AvgIpc) is 2.42. The fourth-order valence-corrected chi connectivity index (χ4v) is 1.83. The van der Waals surface area contributed by atoms with Gasteiger partial charge in [-0.25, -0.2) is 4.98 Å². The van der Waals surface area contributed by atoms with Gasteiger partial charge < -0.3 is 11.1 Å². The third-order valence-electron chi connectivity index (χ3n) is 2.47. The van der Waals surface area contributed by atoms with Crippen LogP contribution in [-0.2, 0) is 0 Å². The molecule has 8 heteroatoms. The minimum absolute atomic E-state index is 0.0494. The molecule has 0 atom stereocenters. The van der Waals surface area contributed by atoms with Crippen LogP contribution in [0.2, 0.25) is 0 Å². The van der Waals surface area contributed by atoms with Crippen molar-refractivity contribution in [2.45, 2.75) is 0 Å². The summed E-state index contributed by atoms with van der Waals surface area (Å²) in [5.41, 5.74) is 6.23. The molecule has 1 heterocycles. The van der Waals surface area contributed by atoms with Crippen LogP contribution in [-0.4, -0.2) is 15.8 Å². The van der Waals surface area contributed by atoms with Gasteiger partial charge in [-0.3, -0.25) is 14.9 Å². The molecule has 2 aromatic rings. The molecular weight excluding hydrogens is 328 g/mol. The molecule has 0 aliphatic rings. The number of non-ortho nitro benzene ring substituents is 1. The fourth-order valence-electron chi connectivity index (χ4n) is 1.50. The molecule has 0 saturated heterocycles. The van der Waals surface area contributed by atoms with Crippen LogP contribution in [0.1, 0.15) is 10.4 Å². The third kappa shape index (κ3) is 3.09. The number of amides is 1. The van der Waals surface area contributed by atoms with Crippen LogP contribution in [0.3, 0.4) is 0 Å². The van der Waals surface area contributed by atoms with Crippen molar-refractivity contribution in [3.05, 3.63) is 56.7 Å². The lowest BCUT2D eigenvalue weighted by atomic mass is 10.2. The van der Waals surface area contributed by atoms with Gasteiger partial charge in [0.1, 0.15) is 5.82 Å². The first-order chi connectivity index (χ1) is 9.47. The molecule has 1 amide bonds. The van der Waals surface area contributed by atoms with E-state index < -0.39 is 10.8 Å². The van der Waals surface area contributed by atoms with Gasteiger partial charge in [-0.15, -0.1) is 0 Å².